The van der Waals surface area contributed by atoms with Gasteiger partial charge in [0.2, 0.25) is 0 Å². The van der Waals surface area contributed by atoms with E-state index < -0.39 is 10.0 Å². The third-order valence-corrected chi connectivity index (χ3v) is 5.09. The lowest BCUT2D eigenvalue weighted by Crippen LogP contribution is -2.18. The zero-order chi connectivity index (χ0) is 16.3. The Morgan fingerprint density at radius 1 is 0.913 bits per heavy atom. The lowest BCUT2D eigenvalue weighted by atomic mass is 10.1. The number of nitrogens with zero attached hydrogens (tertiary/aromatic N) is 1. The van der Waals surface area contributed by atoms with Crippen molar-refractivity contribution in [3.05, 3.63) is 76.8 Å². The summed E-state index contributed by atoms with van der Waals surface area (Å²) in [4.78, 5) is 2.40. The second-order valence-electron chi connectivity index (χ2n) is 4.88. The number of benzene rings is 3. The highest BCUT2D eigenvalue weighted by atomic mass is 79.9. The van der Waals surface area contributed by atoms with Crippen LogP contribution in [0.1, 0.15) is 5.56 Å². The summed E-state index contributed by atoms with van der Waals surface area (Å²) >= 11 is 3.27. The number of nitrogens with one attached hydrogen (secondary N) is 1. The van der Waals surface area contributed by atoms with Gasteiger partial charge in [0.1, 0.15) is 0 Å². The smallest absolute Gasteiger partial charge is 0.200 e. The molecule has 6 heteroatoms. The van der Waals surface area contributed by atoms with Crippen LogP contribution in [0.5, 0.6) is 0 Å². The minimum atomic E-state index is -3.67. The molecule has 0 fully saturated rings. The molecule has 0 bridgehead atoms. The van der Waals surface area contributed by atoms with E-state index in [0.717, 1.165) is 20.8 Å². The predicted molar refractivity (Wildman–Crippen MR) is 96.0 cm³/mol. The van der Waals surface area contributed by atoms with Crippen LogP contribution in [0.25, 0.3) is 10.8 Å². The molecule has 116 valence electrons. The molecule has 0 saturated heterocycles. The number of halogens is 1. The van der Waals surface area contributed by atoms with Gasteiger partial charge in [-0.15, -0.1) is 0 Å². The highest BCUT2D eigenvalue weighted by molar-refractivity contribution is 9.10. The SMILES string of the molecule is O=S(=O)(N/N=C/c1cccc2ccccc12)c1ccc(Br)cc1. The third-order valence-electron chi connectivity index (χ3n) is 3.32. The van der Waals surface area contributed by atoms with Gasteiger partial charge >= 0.3 is 0 Å². The molecule has 0 radical (unpaired) electrons. The van der Waals surface area contributed by atoms with Crippen LogP contribution < -0.4 is 4.83 Å². The lowest BCUT2D eigenvalue weighted by molar-refractivity contribution is 0.584. The van der Waals surface area contributed by atoms with Crippen molar-refractivity contribution in [2.75, 3.05) is 0 Å². The molecule has 0 heterocycles. The second-order valence-corrected chi connectivity index (χ2v) is 7.45. The first-order valence-electron chi connectivity index (χ1n) is 6.84. The molecular weight excluding hydrogens is 376 g/mol. The molecule has 0 saturated carbocycles. The first-order valence-corrected chi connectivity index (χ1v) is 9.12. The summed E-state index contributed by atoms with van der Waals surface area (Å²) in [6.07, 6.45) is 1.51. The molecule has 0 amide bonds. The Kier molecular flexibility index (Phi) is 4.45. The predicted octanol–water partition coefficient (Wildman–Crippen LogP) is 3.91. The Morgan fingerprint density at radius 3 is 2.39 bits per heavy atom. The molecule has 1 N–H and O–H groups in total. The first-order chi connectivity index (χ1) is 11.1. The largest absolute Gasteiger partial charge is 0.276 e. The van der Waals surface area contributed by atoms with Gasteiger partial charge in [-0.2, -0.15) is 13.5 Å². The molecule has 0 atom stereocenters. The maximum atomic E-state index is 12.2. The molecular formula is C17H13BrN2O2S. The Labute approximate surface area is 143 Å². The van der Waals surface area contributed by atoms with Gasteiger partial charge in [-0.1, -0.05) is 58.4 Å². The van der Waals surface area contributed by atoms with Crippen LogP contribution >= 0.6 is 15.9 Å². The fraction of sp³-hybridized carbons (Fsp3) is 0. The zero-order valence-electron chi connectivity index (χ0n) is 12.0. The van der Waals surface area contributed by atoms with E-state index in [9.17, 15) is 8.42 Å². The maximum absolute atomic E-state index is 12.2. The fourth-order valence-corrected chi connectivity index (χ4v) is 3.25. The second kappa shape index (κ2) is 6.52. The van der Waals surface area contributed by atoms with E-state index in [0.29, 0.717) is 0 Å². The molecule has 3 rings (SSSR count). The van der Waals surface area contributed by atoms with Crippen LogP contribution in [0.4, 0.5) is 0 Å². The minimum absolute atomic E-state index is 0.163. The van der Waals surface area contributed by atoms with E-state index in [-0.39, 0.29) is 4.90 Å². The van der Waals surface area contributed by atoms with Gasteiger partial charge < -0.3 is 0 Å². The van der Waals surface area contributed by atoms with Crippen molar-refractivity contribution in [3.63, 3.8) is 0 Å². The monoisotopic (exact) mass is 388 g/mol. The van der Waals surface area contributed by atoms with E-state index in [2.05, 4.69) is 25.9 Å². The van der Waals surface area contributed by atoms with Crippen molar-refractivity contribution in [1.82, 2.24) is 4.83 Å². The van der Waals surface area contributed by atoms with E-state index in [1.165, 1.54) is 18.3 Å². The summed E-state index contributed by atoms with van der Waals surface area (Å²) in [5.41, 5.74) is 0.849. The topological polar surface area (TPSA) is 58.5 Å². The van der Waals surface area contributed by atoms with Gasteiger partial charge in [-0.25, -0.2) is 4.83 Å². The fourth-order valence-electron chi connectivity index (χ4n) is 2.19. The number of hydrogen-bond donors (Lipinski definition) is 1. The summed E-state index contributed by atoms with van der Waals surface area (Å²) in [7, 11) is -3.67. The van der Waals surface area contributed by atoms with Crippen LogP contribution in [-0.2, 0) is 10.0 Å². The molecule has 0 aliphatic carbocycles. The Morgan fingerprint density at radius 2 is 1.61 bits per heavy atom. The van der Waals surface area contributed by atoms with Crippen LogP contribution in [0.15, 0.2) is 81.2 Å². The van der Waals surface area contributed by atoms with Crippen molar-refractivity contribution in [3.8, 4) is 0 Å². The number of fused-ring (bicyclic) bond motifs is 1. The Hall–Kier alpha value is -2.18. The highest BCUT2D eigenvalue weighted by Gasteiger charge is 2.11. The standard InChI is InChI=1S/C17H13BrN2O2S/c18-15-8-10-16(11-9-15)23(21,22)20-19-12-14-6-3-5-13-4-1-2-7-17(13)14/h1-12,20H/b19-12+. The van der Waals surface area contributed by atoms with Gasteiger partial charge in [0.05, 0.1) is 11.1 Å². The van der Waals surface area contributed by atoms with Gasteiger partial charge in [-0.3, -0.25) is 0 Å². The van der Waals surface area contributed by atoms with Crippen LogP contribution in [0, 0.1) is 0 Å². The van der Waals surface area contributed by atoms with Gasteiger partial charge in [0, 0.05) is 10.0 Å². The molecule has 0 aliphatic rings. The molecule has 0 unspecified atom stereocenters. The highest BCUT2D eigenvalue weighted by Crippen LogP contribution is 2.17. The van der Waals surface area contributed by atoms with Crippen molar-refractivity contribution >= 4 is 42.9 Å². The quantitative estimate of drug-likeness (QED) is 0.543. The minimum Gasteiger partial charge on any atom is -0.200 e. The molecule has 4 nitrogen and oxygen atoms in total. The number of sulfonamides is 1. The molecule has 3 aromatic carbocycles. The van der Waals surface area contributed by atoms with E-state index >= 15 is 0 Å². The lowest BCUT2D eigenvalue weighted by Gasteiger charge is -2.04. The average molecular weight is 389 g/mol. The first kappa shape index (κ1) is 15.7. The Bertz CT molecular complexity index is 962. The van der Waals surface area contributed by atoms with Gasteiger partial charge in [-0.05, 0) is 35.0 Å². The summed E-state index contributed by atoms with van der Waals surface area (Å²) < 4.78 is 25.1. The third kappa shape index (κ3) is 3.60. The molecule has 0 aliphatic heterocycles. The normalized spacial score (nSPS) is 11.9. The molecule has 23 heavy (non-hydrogen) atoms. The summed E-state index contributed by atoms with van der Waals surface area (Å²) in [5, 5.41) is 5.98. The number of rotatable bonds is 4. The van der Waals surface area contributed by atoms with Crippen LogP contribution in [0.2, 0.25) is 0 Å². The number of hydrogen-bond acceptors (Lipinski definition) is 3. The molecule has 0 spiro atoms. The summed E-state index contributed by atoms with van der Waals surface area (Å²) in [6, 6.07) is 20.0. The van der Waals surface area contributed by atoms with Gasteiger partial charge in [0.15, 0.2) is 0 Å². The summed E-state index contributed by atoms with van der Waals surface area (Å²) in [6.45, 7) is 0. The summed E-state index contributed by atoms with van der Waals surface area (Å²) in [5.74, 6) is 0. The maximum Gasteiger partial charge on any atom is 0.276 e. The van der Waals surface area contributed by atoms with Crippen molar-refractivity contribution in [2.24, 2.45) is 5.10 Å². The van der Waals surface area contributed by atoms with Crippen molar-refractivity contribution < 1.29 is 8.42 Å². The van der Waals surface area contributed by atoms with Crippen LogP contribution in [0.3, 0.4) is 0 Å². The van der Waals surface area contributed by atoms with E-state index in [1.54, 1.807) is 12.1 Å². The van der Waals surface area contributed by atoms with Crippen molar-refractivity contribution in [1.29, 1.82) is 0 Å². The average Bonchev–Trinajstić information content (AvgIpc) is 2.55. The molecule has 3 aromatic rings. The van der Waals surface area contributed by atoms with Crippen molar-refractivity contribution in [2.45, 2.75) is 4.90 Å². The Balaban J connectivity index is 1.84. The molecule has 0 aromatic heterocycles. The number of hydrazone groups is 1. The van der Waals surface area contributed by atoms with Gasteiger partial charge in [0.25, 0.3) is 10.0 Å². The van der Waals surface area contributed by atoms with E-state index in [4.69, 9.17) is 0 Å². The zero-order valence-corrected chi connectivity index (χ0v) is 14.4. The van der Waals surface area contributed by atoms with Crippen LogP contribution in [-0.4, -0.2) is 14.6 Å². The van der Waals surface area contributed by atoms with E-state index in [1.807, 2.05) is 42.5 Å².